The number of aryl methyl sites for hydroxylation is 1. The van der Waals surface area contributed by atoms with Crippen LogP contribution in [0.15, 0.2) is 0 Å². The summed E-state index contributed by atoms with van der Waals surface area (Å²) in [7, 11) is -3.00. The van der Waals surface area contributed by atoms with Crippen molar-refractivity contribution in [3.63, 3.8) is 0 Å². The summed E-state index contributed by atoms with van der Waals surface area (Å²) in [6.07, 6.45) is 10.3. The van der Waals surface area contributed by atoms with E-state index in [1.807, 2.05) is 4.90 Å². The molecule has 2 aliphatic rings. The summed E-state index contributed by atoms with van der Waals surface area (Å²) >= 11 is 1.50. The molecular weight excluding hydrogens is 382 g/mol. The Bertz CT molecular complexity index is 906. The molecule has 0 aromatic carbocycles. The van der Waals surface area contributed by atoms with Gasteiger partial charge in [-0.3, -0.25) is 9.69 Å². The maximum absolute atomic E-state index is 12.4. The molecule has 27 heavy (non-hydrogen) atoms. The highest BCUT2D eigenvalue weighted by Gasteiger charge is 2.32. The number of thiophene rings is 1. The topological polar surface area (TPSA) is 90.3 Å². The van der Waals surface area contributed by atoms with Crippen molar-refractivity contribution < 1.29 is 13.2 Å². The predicted molar refractivity (Wildman–Crippen MR) is 106 cm³/mol. The van der Waals surface area contributed by atoms with Gasteiger partial charge < -0.3 is 5.32 Å². The number of rotatable bonds is 6. The first kappa shape index (κ1) is 19.9. The van der Waals surface area contributed by atoms with Gasteiger partial charge in [0.1, 0.15) is 11.1 Å². The van der Waals surface area contributed by atoms with Crippen LogP contribution < -0.4 is 5.32 Å². The van der Waals surface area contributed by atoms with Crippen molar-refractivity contribution in [3.05, 3.63) is 16.0 Å². The Morgan fingerprint density at radius 3 is 2.81 bits per heavy atom. The molecule has 1 aliphatic heterocycles. The van der Waals surface area contributed by atoms with Gasteiger partial charge >= 0.3 is 0 Å². The molecule has 0 spiro atoms. The largest absolute Gasteiger partial charge is 0.317 e. The molecule has 0 bridgehead atoms. The van der Waals surface area contributed by atoms with E-state index >= 15 is 0 Å². The van der Waals surface area contributed by atoms with Gasteiger partial charge in [-0.2, -0.15) is 5.26 Å². The van der Waals surface area contributed by atoms with E-state index in [1.165, 1.54) is 16.2 Å². The maximum Gasteiger partial charge on any atom is 0.226 e. The summed E-state index contributed by atoms with van der Waals surface area (Å²) in [5, 5.41) is 13.0. The first-order chi connectivity index (χ1) is 12.9. The molecule has 0 radical (unpaired) electrons. The van der Waals surface area contributed by atoms with Crippen LogP contribution in [-0.2, 0) is 27.5 Å². The number of hydrogen-bond donors (Lipinski definition) is 1. The third-order valence-corrected chi connectivity index (χ3v) is 8.14. The number of nitriles is 1. The van der Waals surface area contributed by atoms with Crippen molar-refractivity contribution in [1.29, 1.82) is 5.26 Å². The SMILES string of the molecule is C#CCN(CCC(=O)Nc1sc2c(c1C#N)CCCC2)C1CCS(=O)(=O)C1. The van der Waals surface area contributed by atoms with Gasteiger partial charge in [-0.15, -0.1) is 17.8 Å². The number of terminal acetylenes is 1. The normalized spacial score (nSPS) is 20.6. The van der Waals surface area contributed by atoms with Gasteiger partial charge in [0.2, 0.25) is 5.91 Å². The quantitative estimate of drug-likeness (QED) is 0.731. The first-order valence-corrected chi connectivity index (χ1v) is 11.8. The summed E-state index contributed by atoms with van der Waals surface area (Å²) in [6, 6.07) is 2.12. The Labute approximate surface area is 164 Å². The van der Waals surface area contributed by atoms with Crippen LogP contribution in [0.3, 0.4) is 0 Å². The summed E-state index contributed by atoms with van der Waals surface area (Å²) in [4.78, 5) is 15.5. The lowest BCUT2D eigenvalue weighted by Crippen LogP contribution is -2.38. The van der Waals surface area contributed by atoms with Gasteiger partial charge in [-0.25, -0.2) is 8.42 Å². The summed E-state index contributed by atoms with van der Waals surface area (Å²) in [5.41, 5.74) is 1.69. The zero-order chi connectivity index (χ0) is 19.4. The molecule has 6 nitrogen and oxygen atoms in total. The zero-order valence-corrected chi connectivity index (χ0v) is 16.8. The Morgan fingerprint density at radius 2 is 2.15 bits per heavy atom. The smallest absolute Gasteiger partial charge is 0.226 e. The zero-order valence-electron chi connectivity index (χ0n) is 15.2. The maximum atomic E-state index is 12.4. The fraction of sp³-hybridized carbons (Fsp3) is 0.579. The number of carbonyl (C=O) groups excluding carboxylic acids is 1. The predicted octanol–water partition coefficient (Wildman–Crippen LogP) is 1.95. The van der Waals surface area contributed by atoms with Gasteiger partial charge in [0.25, 0.3) is 0 Å². The Balaban J connectivity index is 1.61. The highest BCUT2D eigenvalue weighted by atomic mass is 32.2. The minimum Gasteiger partial charge on any atom is -0.317 e. The van der Waals surface area contributed by atoms with Gasteiger partial charge in [0, 0.05) is 23.9 Å². The fourth-order valence-corrected chi connectivity index (χ4v) is 6.80. The Hall–Kier alpha value is -1.87. The van der Waals surface area contributed by atoms with Crippen LogP contribution in [0.5, 0.6) is 0 Å². The van der Waals surface area contributed by atoms with E-state index in [0.29, 0.717) is 30.1 Å². The molecule has 1 fully saturated rings. The average Bonchev–Trinajstić information content (AvgIpc) is 3.17. The third-order valence-electron chi connectivity index (χ3n) is 5.18. The lowest BCUT2D eigenvalue weighted by molar-refractivity contribution is -0.116. The van der Waals surface area contributed by atoms with Crippen molar-refractivity contribution in [3.8, 4) is 18.4 Å². The van der Waals surface area contributed by atoms with E-state index in [9.17, 15) is 18.5 Å². The highest BCUT2D eigenvalue weighted by molar-refractivity contribution is 7.91. The van der Waals surface area contributed by atoms with E-state index in [0.717, 1.165) is 31.2 Å². The van der Waals surface area contributed by atoms with Crippen molar-refractivity contribution in [2.75, 3.05) is 29.9 Å². The monoisotopic (exact) mass is 405 g/mol. The number of nitrogens with zero attached hydrogens (tertiary/aromatic N) is 2. The van der Waals surface area contributed by atoms with Gasteiger partial charge in [-0.1, -0.05) is 5.92 Å². The molecule has 1 amide bonds. The number of carbonyl (C=O) groups is 1. The van der Waals surface area contributed by atoms with Crippen molar-refractivity contribution in [1.82, 2.24) is 4.90 Å². The Morgan fingerprint density at radius 1 is 1.37 bits per heavy atom. The molecular formula is C19H23N3O3S2. The molecule has 1 N–H and O–H groups in total. The second-order valence-electron chi connectivity index (χ2n) is 7.06. The fourth-order valence-electron chi connectivity index (χ4n) is 3.78. The van der Waals surface area contributed by atoms with E-state index in [-0.39, 0.29) is 29.9 Å². The van der Waals surface area contributed by atoms with Crippen LogP contribution in [0.1, 0.15) is 41.7 Å². The number of fused-ring (bicyclic) bond motifs is 1. The molecule has 3 rings (SSSR count). The minimum absolute atomic E-state index is 0.104. The second-order valence-corrected chi connectivity index (χ2v) is 10.4. The lowest BCUT2D eigenvalue weighted by Gasteiger charge is -2.25. The standard InChI is InChI=1S/C19H23N3O3S2/c1-2-9-22(14-8-11-27(24,25)13-14)10-7-18(23)21-19-16(12-20)15-5-3-4-6-17(15)26-19/h1,14H,3-11,13H2,(H,21,23). The summed E-state index contributed by atoms with van der Waals surface area (Å²) < 4.78 is 23.4. The molecule has 1 unspecified atom stereocenters. The number of sulfone groups is 1. The van der Waals surface area contributed by atoms with Crippen LogP contribution in [-0.4, -0.2) is 49.9 Å². The van der Waals surface area contributed by atoms with Gasteiger partial charge in [-0.05, 0) is 37.7 Å². The Kier molecular flexibility index (Phi) is 6.21. The van der Waals surface area contributed by atoms with Crippen molar-refractivity contribution in [2.24, 2.45) is 0 Å². The van der Waals surface area contributed by atoms with Crippen LogP contribution in [0.4, 0.5) is 5.00 Å². The van der Waals surface area contributed by atoms with Crippen LogP contribution >= 0.6 is 11.3 Å². The molecule has 1 atom stereocenters. The molecule has 1 saturated heterocycles. The molecule has 1 aromatic rings. The van der Waals surface area contributed by atoms with Crippen molar-refractivity contribution >= 4 is 32.1 Å². The molecule has 0 saturated carbocycles. The molecule has 1 aliphatic carbocycles. The van der Waals surface area contributed by atoms with Crippen LogP contribution in [0.25, 0.3) is 0 Å². The second kappa shape index (κ2) is 8.43. The van der Waals surface area contributed by atoms with Gasteiger partial charge in [0.05, 0.1) is 23.6 Å². The van der Waals surface area contributed by atoms with E-state index in [2.05, 4.69) is 17.3 Å². The van der Waals surface area contributed by atoms with E-state index in [4.69, 9.17) is 6.42 Å². The molecule has 1 aromatic heterocycles. The lowest BCUT2D eigenvalue weighted by atomic mass is 9.96. The summed E-state index contributed by atoms with van der Waals surface area (Å²) in [5.74, 6) is 2.66. The van der Waals surface area contributed by atoms with Gasteiger partial charge in [0.15, 0.2) is 9.84 Å². The number of anilines is 1. The average molecular weight is 406 g/mol. The van der Waals surface area contributed by atoms with Crippen LogP contribution in [0, 0.1) is 23.7 Å². The highest BCUT2D eigenvalue weighted by Crippen LogP contribution is 2.37. The number of amides is 1. The molecule has 2 heterocycles. The summed E-state index contributed by atoms with van der Waals surface area (Å²) in [6.45, 7) is 0.730. The van der Waals surface area contributed by atoms with E-state index < -0.39 is 9.84 Å². The molecule has 8 heteroatoms. The van der Waals surface area contributed by atoms with Crippen molar-refractivity contribution in [2.45, 2.75) is 44.6 Å². The number of hydrogen-bond acceptors (Lipinski definition) is 6. The first-order valence-electron chi connectivity index (χ1n) is 9.16. The minimum atomic E-state index is -3.00. The van der Waals surface area contributed by atoms with Crippen LogP contribution in [0.2, 0.25) is 0 Å². The molecule has 144 valence electrons. The number of nitrogens with one attached hydrogen (secondary N) is 1. The van der Waals surface area contributed by atoms with E-state index in [1.54, 1.807) is 0 Å². The third kappa shape index (κ3) is 4.70.